The van der Waals surface area contributed by atoms with E-state index in [4.69, 9.17) is 4.74 Å². The lowest BCUT2D eigenvalue weighted by Crippen LogP contribution is -2.68. The van der Waals surface area contributed by atoms with Crippen LogP contribution in [0.5, 0.6) is 0 Å². The van der Waals surface area contributed by atoms with Crippen LogP contribution in [0.3, 0.4) is 0 Å². The molecule has 0 amide bonds. The molecule has 36 heavy (non-hydrogen) atoms. The first kappa shape index (κ1) is 27.0. The smallest absolute Gasteiger partial charge is 0.155 e. The van der Waals surface area contributed by atoms with Crippen molar-refractivity contribution in [3.63, 3.8) is 0 Å². The van der Waals surface area contributed by atoms with E-state index in [9.17, 15) is 30.3 Å². The second-order valence-corrected chi connectivity index (χ2v) is 14.1. The summed E-state index contributed by atoms with van der Waals surface area (Å²) in [6, 6.07) is 0. The number of carbonyl (C=O) groups excluding carboxylic acids is 1. The molecule has 0 aromatic rings. The Balaban J connectivity index is 1.44. The summed E-state index contributed by atoms with van der Waals surface area (Å²) in [5.74, 6) is -0.0824. The van der Waals surface area contributed by atoms with Gasteiger partial charge in [-0.15, -0.1) is 0 Å². The van der Waals surface area contributed by atoms with E-state index >= 15 is 0 Å². The first-order valence-corrected chi connectivity index (χ1v) is 14.4. The molecule has 0 aromatic carbocycles. The second-order valence-electron chi connectivity index (χ2n) is 14.1. The third kappa shape index (κ3) is 3.86. The summed E-state index contributed by atoms with van der Waals surface area (Å²) in [5, 5.41) is 54.3. The van der Waals surface area contributed by atoms with Gasteiger partial charge in [0.25, 0.3) is 0 Å². The lowest BCUT2D eigenvalue weighted by atomic mass is 9.42. The molecule has 4 aliphatic carbocycles. The number of fused-ring (bicyclic) bond motifs is 5. The molecule has 206 valence electrons. The number of ketones is 1. The minimum absolute atomic E-state index is 0.0113. The van der Waals surface area contributed by atoms with Gasteiger partial charge >= 0.3 is 0 Å². The van der Waals surface area contributed by atoms with Crippen molar-refractivity contribution in [2.75, 3.05) is 0 Å². The quantitative estimate of drug-likeness (QED) is 0.396. The van der Waals surface area contributed by atoms with Crippen LogP contribution in [0.2, 0.25) is 0 Å². The van der Waals surface area contributed by atoms with Gasteiger partial charge in [-0.25, -0.2) is 0 Å². The molecule has 15 atom stereocenters. The van der Waals surface area contributed by atoms with Crippen molar-refractivity contribution in [2.45, 2.75) is 116 Å². The third-order valence-corrected chi connectivity index (χ3v) is 12.2. The average molecular weight is 509 g/mol. The molecule has 7 nitrogen and oxygen atoms in total. The maximum absolute atomic E-state index is 13.8. The lowest BCUT2D eigenvalue weighted by Gasteiger charge is -2.64. The van der Waals surface area contributed by atoms with Crippen LogP contribution in [0.4, 0.5) is 0 Å². The van der Waals surface area contributed by atoms with Crippen LogP contribution in [0.1, 0.15) is 79.6 Å². The summed E-state index contributed by atoms with van der Waals surface area (Å²) in [6.07, 6.45) is -0.315. The van der Waals surface area contributed by atoms with Crippen LogP contribution >= 0.6 is 0 Å². The molecule has 5 fully saturated rings. The molecule has 4 saturated carbocycles. The van der Waals surface area contributed by atoms with Gasteiger partial charge in [-0.1, -0.05) is 34.6 Å². The Bertz CT molecular complexity index is 847. The SMILES string of the molecule is CC(C)[C@@H]1CC(O)O[C@@H]([C@@H](C)[C@H]2CC(=O)[C@@H]3[C@@H]4[C@@H](O)[C@H](O)[C@H]5[C@@H](O)[C@H](O)CC[C@]5(C)[C@H]4CC[C@]23C)C1. The molecule has 1 saturated heterocycles. The zero-order chi connectivity index (χ0) is 26.3. The molecule has 0 spiro atoms. The summed E-state index contributed by atoms with van der Waals surface area (Å²) in [4.78, 5) is 13.8. The van der Waals surface area contributed by atoms with Gasteiger partial charge in [0.15, 0.2) is 6.29 Å². The largest absolute Gasteiger partial charge is 0.390 e. The molecule has 1 unspecified atom stereocenters. The highest BCUT2D eigenvalue weighted by Gasteiger charge is 2.69. The fourth-order valence-electron chi connectivity index (χ4n) is 10.1. The maximum Gasteiger partial charge on any atom is 0.155 e. The second kappa shape index (κ2) is 9.27. The summed E-state index contributed by atoms with van der Waals surface area (Å²) in [5.41, 5.74) is -0.748. The number of hydrogen-bond donors (Lipinski definition) is 5. The highest BCUT2D eigenvalue weighted by atomic mass is 16.6. The Hall–Kier alpha value is -0.570. The molecule has 0 aromatic heterocycles. The Morgan fingerprint density at radius 3 is 2.22 bits per heavy atom. The predicted octanol–water partition coefficient (Wildman–Crippen LogP) is 2.50. The molecule has 0 bridgehead atoms. The minimum atomic E-state index is -1.17. The van der Waals surface area contributed by atoms with Crippen LogP contribution in [-0.2, 0) is 9.53 Å². The monoisotopic (exact) mass is 508 g/mol. The van der Waals surface area contributed by atoms with Gasteiger partial charge < -0.3 is 30.3 Å². The first-order chi connectivity index (χ1) is 16.8. The number of Topliss-reactive ketones (excluding diaryl/α,β-unsaturated/α-hetero) is 1. The van der Waals surface area contributed by atoms with Crippen molar-refractivity contribution in [3.8, 4) is 0 Å². The van der Waals surface area contributed by atoms with Crippen LogP contribution in [0.15, 0.2) is 0 Å². The van der Waals surface area contributed by atoms with Gasteiger partial charge in [-0.2, -0.15) is 0 Å². The van der Waals surface area contributed by atoms with Crippen molar-refractivity contribution in [2.24, 2.45) is 58.2 Å². The summed E-state index contributed by atoms with van der Waals surface area (Å²) >= 11 is 0. The molecule has 5 rings (SSSR count). The topological polar surface area (TPSA) is 127 Å². The van der Waals surface area contributed by atoms with Crippen molar-refractivity contribution in [1.82, 2.24) is 0 Å². The molecule has 0 radical (unpaired) electrons. The van der Waals surface area contributed by atoms with Crippen molar-refractivity contribution in [3.05, 3.63) is 0 Å². The number of rotatable bonds is 3. The van der Waals surface area contributed by atoms with Crippen LogP contribution in [-0.4, -0.2) is 68.1 Å². The van der Waals surface area contributed by atoms with E-state index in [-0.39, 0.29) is 46.9 Å². The van der Waals surface area contributed by atoms with E-state index < -0.39 is 42.0 Å². The van der Waals surface area contributed by atoms with Crippen molar-refractivity contribution < 1.29 is 35.1 Å². The molecule has 1 aliphatic heterocycles. The highest BCUT2D eigenvalue weighted by molar-refractivity contribution is 5.85. The van der Waals surface area contributed by atoms with Gasteiger partial charge in [0, 0.05) is 30.6 Å². The third-order valence-electron chi connectivity index (χ3n) is 12.2. The number of aliphatic hydroxyl groups is 5. The molecule has 5 N–H and O–H groups in total. The van der Waals surface area contributed by atoms with E-state index in [1.54, 1.807) is 0 Å². The van der Waals surface area contributed by atoms with E-state index in [1.807, 2.05) is 0 Å². The molecule has 1 heterocycles. The fourth-order valence-corrected chi connectivity index (χ4v) is 10.1. The number of hydrogen-bond acceptors (Lipinski definition) is 7. The van der Waals surface area contributed by atoms with Crippen molar-refractivity contribution >= 4 is 5.78 Å². The zero-order valence-electron chi connectivity index (χ0n) is 22.6. The van der Waals surface area contributed by atoms with Crippen molar-refractivity contribution in [1.29, 1.82) is 0 Å². The van der Waals surface area contributed by atoms with Gasteiger partial charge in [-0.3, -0.25) is 4.79 Å². The Kier molecular flexibility index (Phi) is 6.96. The van der Waals surface area contributed by atoms with Crippen LogP contribution < -0.4 is 0 Å². The van der Waals surface area contributed by atoms with E-state index in [2.05, 4.69) is 34.6 Å². The van der Waals surface area contributed by atoms with Gasteiger partial charge in [-0.05, 0) is 72.5 Å². The number of carbonyl (C=O) groups is 1. The Labute approximate surface area is 215 Å². The number of ether oxygens (including phenoxy) is 1. The van der Waals surface area contributed by atoms with Crippen LogP contribution in [0, 0.1) is 58.2 Å². The normalized spacial score (nSPS) is 56.1. The Morgan fingerprint density at radius 1 is 0.889 bits per heavy atom. The van der Waals surface area contributed by atoms with E-state index in [0.717, 1.165) is 19.3 Å². The summed E-state index contributed by atoms with van der Waals surface area (Å²) < 4.78 is 6.06. The van der Waals surface area contributed by atoms with Gasteiger partial charge in [0.2, 0.25) is 0 Å². The van der Waals surface area contributed by atoms with E-state index in [0.29, 0.717) is 37.5 Å². The molecule has 5 aliphatic rings. The first-order valence-electron chi connectivity index (χ1n) is 14.4. The summed E-state index contributed by atoms with van der Waals surface area (Å²) in [6.45, 7) is 10.8. The zero-order valence-corrected chi connectivity index (χ0v) is 22.6. The molecule has 7 heteroatoms. The number of aliphatic hydroxyl groups excluding tert-OH is 5. The molecular weight excluding hydrogens is 460 g/mol. The predicted molar refractivity (Wildman–Crippen MR) is 133 cm³/mol. The Morgan fingerprint density at radius 2 is 1.56 bits per heavy atom. The van der Waals surface area contributed by atoms with E-state index in [1.165, 1.54) is 0 Å². The summed E-state index contributed by atoms with van der Waals surface area (Å²) in [7, 11) is 0. The standard InChI is InChI=1S/C29H48O7/c1-13(2)15-10-20(36-21(32)11-15)14(3)17-12-19(31)23-22-16(6-8-29(17,23)5)28(4)9-7-18(30)25(33)24(28)27(35)26(22)34/h13-18,20-27,30,32-35H,6-12H2,1-5H3/t14-,15-,16-,17+,18+,20+,21?,22+,23+,24+,25-,26+,27+,28+,29+/m0/s1. The van der Waals surface area contributed by atoms with Gasteiger partial charge in [0.1, 0.15) is 5.78 Å². The molecular formula is C29H48O7. The maximum atomic E-state index is 13.8. The average Bonchev–Trinajstić information content (AvgIpc) is 3.09. The minimum Gasteiger partial charge on any atom is -0.390 e. The van der Waals surface area contributed by atoms with Crippen LogP contribution in [0.25, 0.3) is 0 Å². The lowest BCUT2D eigenvalue weighted by molar-refractivity contribution is -0.251. The highest BCUT2D eigenvalue weighted by Crippen LogP contribution is 2.67. The fraction of sp³-hybridized carbons (Fsp3) is 0.966. The van der Waals surface area contributed by atoms with Gasteiger partial charge in [0.05, 0.1) is 30.5 Å².